The van der Waals surface area contributed by atoms with E-state index in [0.717, 1.165) is 55.1 Å². The maximum absolute atomic E-state index is 13.5. The second kappa shape index (κ2) is 9.11. The number of rotatable bonds is 6. The first-order valence-corrected chi connectivity index (χ1v) is 10.7. The monoisotopic (exact) mass is 407 g/mol. The second-order valence-electron chi connectivity index (χ2n) is 8.40. The topological polar surface area (TPSA) is 30.3 Å². The SMILES string of the molecule is COC1CCN(Cc2cc(-c3ccc(C(C)C)cc3)n(-c3ccc(F)cc3)n2)CC1. The molecule has 30 heavy (non-hydrogen) atoms. The van der Waals surface area contributed by atoms with E-state index in [1.807, 2.05) is 4.68 Å². The molecule has 2 aromatic carbocycles. The fourth-order valence-corrected chi connectivity index (χ4v) is 4.06. The Morgan fingerprint density at radius 3 is 2.30 bits per heavy atom. The number of halogens is 1. The van der Waals surface area contributed by atoms with Gasteiger partial charge in [-0.25, -0.2) is 9.07 Å². The van der Waals surface area contributed by atoms with E-state index < -0.39 is 0 Å². The van der Waals surface area contributed by atoms with E-state index in [1.54, 1.807) is 19.2 Å². The van der Waals surface area contributed by atoms with Crippen LogP contribution in [0.15, 0.2) is 54.6 Å². The maximum Gasteiger partial charge on any atom is 0.123 e. The van der Waals surface area contributed by atoms with Crippen molar-refractivity contribution >= 4 is 0 Å². The molecule has 1 aliphatic heterocycles. The third kappa shape index (κ3) is 4.63. The van der Waals surface area contributed by atoms with E-state index >= 15 is 0 Å². The van der Waals surface area contributed by atoms with E-state index in [4.69, 9.17) is 9.84 Å². The predicted molar refractivity (Wildman–Crippen MR) is 118 cm³/mol. The summed E-state index contributed by atoms with van der Waals surface area (Å²) < 4.78 is 20.9. The van der Waals surface area contributed by atoms with Crippen molar-refractivity contribution in [2.24, 2.45) is 0 Å². The van der Waals surface area contributed by atoms with Gasteiger partial charge in [-0.05, 0) is 54.7 Å². The molecular formula is C25H30FN3O. The maximum atomic E-state index is 13.5. The van der Waals surface area contributed by atoms with Crippen molar-refractivity contribution in [3.63, 3.8) is 0 Å². The first-order chi connectivity index (χ1) is 14.5. The minimum Gasteiger partial charge on any atom is -0.381 e. The van der Waals surface area contributed by atoms with Crippen LogP contribution in [-0.2, 0) is 11.3 Å². The largest absolute Gasteiger partial charge is 0.381 e. The zero-order valence-electron chi connectivity index (χ0n) is 18.0. The number of aromatic nitrogens is 2. The zero-order valence-corrected chi connectivity index (χ0v) is 18.0. The van der Waals surface area contributed by atoms with Crippen molar-refractivity contribution in [1.82, 2.24) is 14.7 Å². The van der Waals surface area contributed by atoms with Crippen LogP contribution in [0.3, 0.4) is 0 Å². The van der Waals surface area contributed by atoms with Crippen LogP contribution in [0.2, 0.25) is 0 Å². The van der Waals surface area contributed by atoms with Gasteiger partial charge < -0.3 is 4.74 Å². The molecule has 1 aromatic heterocycles. The zero-order chi connectivity index (χ0) is 21.1. The molecule has 0 N–H and O–H groups in total. The Hall–Kier alpha value is -2.50. The number of ether oxygens (including phenoxy) is 1. The van der Waals surface area contributed by atoms with Gasteiger partial charge in [-0.3, -0.25) is 4.90 Å². The van der Waals surface area contributed by atoms with Crippen molar-refractivity contribution < 1.29 is 9.13 Å². The van der Waals surface area contributed by atoms with Crippen LogP contribution in [-0.4, -0.2) is 41.0 Å². The molecule has 4 rings (SSSR count). The lowest BCUT2D eigenvalue weighted by atomic mass is 10.0. The van der Waals surface area contributed by atoms with Crippen molar-refractivity contribution in [3.05, 3.63) is 71.7 Å². The molecule has 0 unspecified atom stereocenters. The molecule has 0 bridgehead atoms. The summed E-state index contributed by atoms with van der Waals surface area (Å²) >= 11 is 0. The lowest BCUT2D eigenvalue weighted by Gasteiger charge is -2.30. The molecule has 0 saturated carbocycles. The second-order valence-corrected chi connectivity index (χ2v) is 8.40. The molecule has 1 fully saturated rings. The molecule has 0 spiro atoms. The van der Waals surface area contributed by atoms with E-state index in [2.05, 4.69) is 49.1 Å². The van der Waals surface area contributed by atoms with Gasteiger partial charge in [0.05, 0.1) is 23.2 Å². The molecule has 158 valence electrons. The van der Waals surface area contributed by atoms with Crippen molar-refractivity contribution in [2.45, 2.75) is 45.3 Å². The molecular weight excluding hydrogens is 377 g/mol. The van der Waals surface area contributed by atoms with Gasteiger partial charge in [0, 0.05) is 32.3 Å². The van der Waals surface area contributed by atoms with Gasteiger partial charge in [0.2, 0.25) is 0 Å². The Kier molecular flexibility index (Phi) is 6.30. The van der Waals surface area contributed by atoms with E-state index in [9.17, 15) is 4.39 Å². The highest BCUT2D eigenvalue weighted by atomic mass is 19.1. The summed E-state index contributed by atoms with van der Waals surface area (Å²) in [4.78, 5) is 2.43. The molecule has 0 amide bonds. The normalized spacial score (nSPS) is 15.8. The van der Waals surface area contributed by atoms with E-state index in [-0.39, 0.29) is 5.82 Å². The molecule has 2 heterocycles. The van der Waals surface area contributed by atoms with Crippen LogP contribution in [0.4, 0.5) is 4.39 Å². The third-order valence-electron chi connectivity index (χ3n) is 5.96. The lowest BCUT2D eigenvalue weighted by molar-refractivity contribution is 0.0385. The highest BCUT2D eigenvalue weighted by molar-refractivity contribution is 5.63. The average Bonchev–Trinajstić information content (AvgIpc) is 3.18. The molecule has 1 saturated heterocycles. The summed E-state index contributed by atoms with van der Waals surface area (Å²) in [6.45, 7) is 7.23. The van der Waals surface area contributed by atoms with Gasteiger partial charge in [0.25, 0.3) is 0 Å². The van der Waals surface area contributed by atoms with Crippen LogP contribution in [0.5, 0.6) is 0 Å². The minimum atomic E-state index is -0.241. The summed E-state index contributed by atoms with van der Waals surface area (Å²) in [6.07, 6.45) is 2.48. The molecule has 1 aliphatic rings. The highest BCUT2D eigenvalue weighted by Crippen LogP contribution is 2.27. The van der Waals surface area contributed by atoms with Crippen molar-refractivity contribution in [3.8, 4) is 16.9 Å². The average molecular weight is 408 g/mol. The lowest BCUT2D eigenvalue weighted by Crippen LogP contribution is -2.36. The van der Waals surface area contributed by atoms with Crippen LogP contribution < -0.4 is 0 Å². The number of hydrogen-bond donors (Lipinski definition) is 0. The number of likely N-dealkylation sites (tertiary alicyclic amines) is 1. The molecule has 0 aliphatic carbocycles. The Labute approximate surface area is 178 Å². The van der Waals surface area contributed by atoms with Gasteiger partial charge in [-0.15, -0.1) is 0 Å². The van der Waals surface area contributed by atoms with Gasteiger partial charge >= 0.3 is 0 Å². The fraction of sp³-hybridized carbons (Fsp3) is 0.400. The van der Waals surface area contributed by atoms with Crippen LogP contribution >= 0.6 is 0 Å². The number of nitrogens with zero attached hydrogens (tertiary/aromatic N) is 3. The minimum absolute atomic E-state index is 0.241. The summed E-state index contributed by atoms with van der Waals surface area (Å²) in [5.74, 6) is 0.252. The molecule has 0 atom stereocenters. The summed E-state index contributed by atoms with van der Waals surface area (Å²) in [5, 5.41) is 4.90. The smallest absolute Gasteiger partial charge is 0.123 e. The summed E-state index contributed by atoms with van der Waals surface area (Å²) in [6, 6.07) is 17.4. The number of methoxy groups -OCH3 is 1. The van der Waals surface area contributed by atoms with Crippen molar-refractivity contribution in [1.29, 1.82) is 0 Å². The van der Waals surface area contributed by atoms with Crippen LogP contribution in [0.25, 0.3) is 16.9 Å². The first kappa shape index (κ1) is 20.8. The highest BCUT2D eigenvalue weighted by Gasteiger charge is 2.20. The number of benzene rings is 2. The predicted octanol–water partition coefficient (Wildman–Crippen LogP) is 5.41. The van der Waals surface area contributed by atoms with Gasteiger partial charge in [0.1, 0.15) is 5.82 Å². The third-order valence-corrected chi connectivity index (χ3v) is 5.96. The van der Waals surface area contributed by atoms with Crippen LogP contribution in [0.1, 0.15) is 43.9 Å². The first-order valence-electron chi connectivity index (χ1n) is 10.7. The van der Waals surface area contributed by atoms with Crippen molar-refractivity contribution in [2.75, 3.05) is 20.2 Å². The van der Waals surface area contributed by atoms with E-state index in [1.165, 1.54) is 17.7 Å². The number of piperidine rings is 1. The Morgan fingerprint density at radius 2 is 1.70 bits per heavy atom. The van der Waals surface area contributed by atoms with Crippen LogP contribution in [0, 0.1) is 5.82 Å². The summed E-state index contributed by atoms with van der Waals surface area (Å²) in [7, 11) is 1.79. The van der Waals surface area contributed by atoms with Gasteiger partial charge in [-0.2, -0.15) is 5.10 Å². The Balaban J connectivity index is 1.64. The standard InChI is InChI=1S/C25H30FN3O/c1-18(2)19-4-6-20(7-5-19)25-16-22(17-28-14-12-24(30-3)13-15-28)27-29(25)23-10-8-21(26)9-11-23/h4-11,16,18,24H,12-15,17H2,1-3H3. The Bertz CT molecular complexity index is 955. The molecule has 0 radical (unpaired) electrons. The molecule has 5 heteroatoms. The quantitative estimate of drug-likeness (QED) is 0.547. The summed E-state index contributed by atoms with van der Waals surface area (Å²) in [5.41, 5.74) is 5.34. The fourth-order valence-electron chi connectivity index (χ4n) is 4.06. The van der Waals surface area contributed by atoms with Gasteiger partial charge in [-0.1, -0.05) is 38.1 Å². The molecule has 4 nitrogen and oxygen atoms in total. The molecule has 3 aromatic rings. The van der Waals surface area contributed by atoms with Gasteiger partial charge in [0.15, 0.2) is 0 Å². The Morgan fingerprint density at radius 1 is 1.03 bits per heavy atom. The number of hydrogen-bond acceptors (Lipinski definition) is 3. The van der Waals surface area contributed by atoms with E-state index in [0.29, 0.717) is 12.0 Å².